The predicted octanol–water partition coefficient (Wildman–Crippen LogP) is 6.23. The molecule has 0 spiro atoms. The maximum atomic E-state index is 13.4. The molecule has 3 aromatic rings. The van der Waals surface area contributed by atoms with E-state index in [1.165, 1.54) is 0 Å². The Hall–Kier alpha value is -3.86. The molecule has 1 aliphatic heterocycles. The van der Waals surface area contributed by atoms with Gasteiger partial charge in [0.05, 0.1) is 18.7 Å². The van der Waals surface area contributed by atoms with E-state index in [9.17, 15) is 14.7 Å². The van der Waals surface area contributed by atoms with Gasteiger partial charge in [-0.1, -0.05) is 69.3 Å². The van der Waals surface area contributed by atoms with Crippen LogP contribution in [0.3, 0.4) is 0 Å². The summed E-state index contributed by atoms with van der Waals surface area (Å²) in [7, 11) is 1.60. The van der Waals surface area contributed by atoms with E-state index in [-0.39, 0.29) is 23.3 Å². The van der Waals surface area contributed by atoms with Gasteiger partial charge in [-0.05, 0) is 65.3 Å². The van der Waals surface area contributed by atoms with Crippen LogP contribution in [-0.4, -0.2) is 28.8 Å². The number of hydrogen-bond donors (Lipinski definition) is 1. The second kappa shape index (κ2) is 9.65. The summed E-state index contributed by atoms with van der Waals surface area (Å²) < 4.78 is 5.25. The third kappa shape index (κ3) is 4.78. The first kappa shape index (κ1) is 25.2. The van der Waals surface area contributed by atoms with Crippen molar-refractivity contribution in [3.8, 4) is 5.75 Å². The Morgan fingerprint density at radius 2 is 1.56 bits per heavy atom. The zero-order valence-corrected chi connectivity index (χ0v) is 21.8. The van der Waals surface area contributed by atoms with Crippen molar-refractivity contribution in [2.24, 2.45) is 0 Å². The van der Waals surface area contributed by atoms with Crippen molar-refractivity contribution >= 4 is 17.4 Å². The smallest absolute Gasteiger partial charge is 0.295 e. The van der Waals surface area contributed by atoms with Gasteiger partial charge in [-0.15, -0.1) is 0 Å². The minimum Gasteiger partial charge on any atom is -0.507 e. The number of ketones is 1. The van der Waals surface area contributed by atoms with Crippen LogP contribution >= 0.6 is 0 Å². The highest BCUT2D eigenvalue weighted by molar-refractivity contribution is 6.46. The summed E-state index contributed by atoms with van der Waals surface area (Å²) in [5.74, 6) is -0.742. The van der Waals surface area contributed by atoms with Crippen molar-refractivity contribution in [3.05, 3.63) is 106 Å². The standard InChI is InChI=1S/C31H33NO4/c1-19-7-10-23(17-20(19)2)28(33)26-27(22-11-13-24(14-12-22)31(3,4)5)32(30(35)29(26)34)18-21-8-15-25(36-6)16-9-21/h7-17,27,33H,18H2,1-6H3/b28-26-. The van der Waals surface area contributed by atoms with Gasteiger partial charge in [0.15, 0.2) is 0 Å². The van der Waals surface area contributed by atoms with Gasteiger partial charge >= 0.3 is 0 Å². The number of carbonyl (C=O) groups excluding carboxylic acids is 2. The molecule has 5 heteroatoms. The fourth-order valence-corrected chi connectivity index (χ4v) is 4.53. The average Bonchev–Trinajstić information content (AvgIpc) is 3.10. The summed E-state index contributed by atoms with van der Waals surface area (Å²) in [6.07, 6.45) is 0. The van der Waals surface area contributed by atoms with E-state index in [1.54, 1.807) is 18.1 Å². The average molecular weight is 484 g/mol. The first-order valence-corrected chi connectivity index (χ1v) is 12.1. The van der Waals surface area contributed by atoms with Gasteiger partial charge in [0.1, 0.15) is 11.5 Å². The molecule has 1 N–H and O–H groups in total. The Bertz CT molecular complexity index is 1330. The number of benzene rings is 3. The van der Waals surface area contributed by atoms with E-state index < -0.39 is 17.7 Å². The zero-order chi connectivity index (χ0) is 26.2. The van der Waals surface area contributed by atoms with E-state index in [2.05, 4.69) is 20.8 Å². The van der Waals surface area contributed by atoms with Gasteiger partial charge in [0.2, 0.25) is 0 Å². The molecule has 1 amide bonds. The minimum absolute atomic E-state index is 0.0388. The van der Waals surface area contributed by atoms with E-state index in [4.69, 9.17) is 4.74 Å². The van der Waals surface area contributed by atoms with Gasteiger partial charge in [0, 0.05) is 12.1 Å². The number of nitrogens with zero attached hydrogens (tertiary/aromatic N) is 1. The first-order chi connectivity index (χ1) is 17.0. The Morgan fingerprint density at radius 1 is 0.917 bits per heavy atom. The Morgan fingerprint density at radius 3 is 2.11 bits per heavy atom. The fraction of sp³-hybridized carbons (Fsp3) is 0.290. The maximum absolute atomic E-state index is 13.4. The second-order valence-electron chi connectivity index (χ2n) is 10.4. The number of rotatable bonds is 5. The molecule has 4 rings (SSSR count). The van der Waals surface area contributed by atoms with Crippen LogP contribution in [0.4, 0.5) is 0 Å². The molecule has 0 bridgehead atoms. The van der Waals surface area contributed by atoms with Crippen LogP contribution in [0, 0.1) is 13.8 Å². The largest absolute Gasteiger partial charge is 0.507 e. The third-order valence-electron chi connectivity index (χ3n) is 6.92. The van der Waals surface area contributed by atoms with Gasteiger partial charge in [0.25, 0.3) is 11.7 Å². The summed E-state index contributed by atoms with van der Waals surface area (Å²) in [6, 6.07) is 20.2. The third-order valence-corrected chi connectivity index (χ3v) is 6.92. The van der Waals surface area contributed by atoms with Crippen molar-refractivity contribution in [2.45, 2.75) is 52.6 Å². The summed E-state index contributed by atoms with van der Waals surface area (Å²) in [6.45, 7) is 10.6. The number of likely N-dealkylation sites (tertiary alicyclic amines) is 1. The molecule has 0 aromatic heterocycles. The van der Waals surface area contributed by atoms with Gasteiger partial charge in [-0.2, -0.15) is 0 Å². The molecule has 0 radical (unpaired) electrons. The van der Waals surface area contributed by atoms with Crippen molar-refractivity contribution in [1.82, 2.24) is 4.90 Å². The second-order valence-corrected chi connectivity index (χ2v) is 10.4. The molecule has 1 saturated heterocycles. The molecule has 186 valence electrons. The van der Waals surface area contributed by atoms with Crippen molar-refractivity contribution in [2.75, 3.05) is 7.11 Å². The molecule has 36 heavy (non-hydrogen) atoms. The SMILES string of the molecule is COc1ccc(CN2C(=O)C(=O)/C(=C(\O)c3ccc(C)c(C)c3)C2c2ccc(C(C)(C)C)cc2)cc1. The summed E-state index contributed by atoms with van der Waals surface area (Å²) >= 11 is 0. The zero-order valence-electron chi connectivity index (χ0n) is 21.8. The lowest BCUT2D eigenvalue weighted by Gasteiger charge is -2.26. The molecular formula is C31H33NO4. The van der Waals surface area contributed by atoms with Crippen LogP contribution in [0.2, 0.25) is 0 Å². The van der Waals surface area contributed by atoms with Gasteiger partial charge in [-0.3, -0.25) is 9.59 Å². The molecule has 1 heterocycles. The number of aryl methyl sites for hydroxylation is 2. The van der Waals surface area contributed by atoms with Crippen LogP contribution in [0.25, 0.3) is 5.76 Å². The van der Waals surface area contributed by atoms with Crippen molar-refractivity contribution in [3.63, 3.8) is 0 Å². The van der Waals surface area contributed by atoms with E-state index in [1.807, 2.05) is 74.5 Å². The van der Waals surface area contributed by atoms with Crippen LogP contribution in [0.5, 0.6) is 5.75 Å². The molecule has 1 fully saturated rings. The quantitative estimate of drug-likeness (QED) is 0.265. The van der Waals surface area contributed by atoms with Gasteiger partial charge < -0.3 is 14.7 Å². The molecular weight excluding hydrogens is 450 g/mol. The number of methoxy groups -OCH3 is 1. The minimum atomic E-state index is -0.706. The number of amides is 1. The Balaban J connectivity index is 1.84. The predicted molar refractivity (Wildman–Crippen MR) is 142 cm³/mol. The summed E-state index contributed by atoms with van der Waals surface area (Å²) in [5, 5.41) is 11.4. The molecule has 5 nitrogen and oxygen atoms in total. The first-order valence-electron chi connectivity index (χ1n) is 12.1. The molecule has 1 unspecified atom stereocenters. The monoisotopic (exact) mass is 483 g/mol. The number of carbonyl (C=O) groups is 2. The van der Waals surface area contributed by atoms with Gasteiger partial charge in [-0.25, -0.2) is 0 Å². The fourth-order valence-electron chi connectivity index (χ4n) is 4.53. The normalized spacial score (nSPS) is 17.5. The highest BCUT2D eigenvalue weighted by Gasteiger charge is 2.46. The van der Waals surface area contributed by atoms with E-state index in [0.29, 0.717) is 11.3 Å². The number of ether oxygens (including phenoxy) is 1. The van der Waals surface area contributed by atoms with Crippen LogP contribution < -0.4 is 4.74 Å². The number of aliphatic hydroxyl groups excluding tert-OH is 1. The lowest BCUT2D eigenvalue weighted by atomic mass is 9.85. The molecule has 3 aromatic carbocycles. The number of aliphatic hydroxyl groups is 1. The van der Waals surface area contributed by atoms with Crippen LogP contribution in [-0.2, 0) is 21.5 Å². The molecule has 0 aliphatic carbocycles. The number of hydrogen-bond acceptors (Lipinski definition) is 4. The van der Waals surface area contributed by atoms with Crippen LogP contribution in [0.15, 0.2) is 72.3 Å². The van der Waals surface area contributed by atoms with Crippen LogP contribution in [0.1, 0.15) is 60.2 Å². The molecule has 0 saturated carbocycles. The highest BCUT2D eigenvalue weighted by atomic mass is 16.5. The lowest BCUT2D eigenvalue weighted by molar-refractivity contribution is -0.140. The van der Waals surface area contributed by atoms with Crippen molar-refractivity contribution in [1.29, 1.82) is 0 Å². The Kier molecular flexibility index (Phi) is 6.77. The maximum Gasteiger partial charge on any atom is 0.295 e. The van der Waals surface area contributed by atoms with E-state index in [0.717, 1.165) is 27.8 Å². The summed E-state index contributed by atoms with van der Waals surface area (Å²) in [4.78, 5) is 28.2. The molecule has 1 atom stereocenters. The summed E-state index contributed by atoms with van der Waals surface area (Å²) in [5.41, 5.74) is 5.47. The van der Waals surface area contributed by atoms with E-state index >= 15 is 0 Å². The highest BCUT2D eigenvalue weighted by Crippen LogP contribution is 2.41. The Labute approximate surface area is 213 Å². The molecule has 1 aliphatic rings. The topological polar surface area (TPSA) is 66.8 Å². The number of Topliss-reactive ketones (excluding diaryl/α,β-unsaturated/α-hetero) is 1. The van der Waals surface area contributed by atoms with Crippen molar-refractivity contribution < 1.29 is 19.4 Å². The lowest BCUT2D eigenvalue weighted by Crippen LogP contribution is -2.29.